The van der Waals surface area contributed by atoms with E-state index in [0.717, 1.165) is 0 Å². The summed E-state index contributed by atoms with van der Waals surface area (Å²) >= 11 is 5.79. The minimum absolute atomic E-state index is 0.142. The van der Waals surface area contributed by atoms with E-state index in [2.05, 4.69) is 15.0 Å². The molecule has 0 spiro atoms. The maximum absolute atomic E-state index is 12.3. The summed E-state index contributed by atoms with van der Waals surface area (Å²) in [4.78, 5) is 16.4. The second-order valence-corrected chi connectivity index (χ2v) is 9.22. The maximum Gasteiger partial charge on any atom is 0.253 e. The van der Waals surface area contributed by atoms with Crippen LogP contribution in [0.15, 0.2) is 53.7 Å². The zero-order valence-electron chi connectivity index (χ0n) is 16.2. The molecule has 0 aliphatic carbocycles. The Labute approximate surface area is 180 Å². The van der Waals surface area contributed by atoms with Crippen LogP contribution in [-0.4, -0.2) is 55.8 Å². The van der Waals surface area contributed by atoms with E-state index in [1.165, 1.54) is 30.5 Å². The van der Waals surface area contributed by atoms with E-state index < -0.39 is 16.1 Å². The first-order valence-electron chi connectivity index (χ1n) is 9.61. The Morgan fingerprint density at radius 1 is 1.23 bits per heavy atom. The van der Waals surface area contributed by atoms with Crippen LogP contribution in [0.3, 0.4) is 0 Å². The molecule has 3 rings (SSSR count). The molecule has 0 unspecified atom stereocenters. The van der Waals surface area contributed by atoms with Crippen LogP contribution in [0.25, 0.3) is 0 Å². The molecule has 1 aromatic carbocycles. The van der Waals surface area contributed by atoms with E-state index in [1.807, 2.05) is 0 Å². The highest BCUT2D eigenvalue weighted by Gasteiger charge is 2.32. The van der Waals surface area contributed by atoms with Gasteiger partial charge in [0.2, 0.25) is 10.0 Å². The predicted molar refractivity (Wildman–Crippen MR) is 112 cm³/mol. The smallest absolute Gasteiger partial charge is 0.253 e. The highest BCUT2D eigenvalue weighted by atomic mass is 35.5. The second kappa shape index (κ2) is 10.3. The van der Waals surface area contributed by atoms with E-state index in [9.17, 15) is 18.3 Å². The molecule has 8 nitrogen and oxygen atoms in total. The lowest BCUT2D eigenvalue weighted by molar-refractivity contribution is -0.0891. The lowest BCUT2D eigenvalue weighted by Gasteiger charge is -2.36. The lowest BCUT2D eigenvalue weighted by atomic mass is 9.97. The van der Waals surface area contributed by atoms with Gasteiger partial charge in [-0.05, 0) is 55.7 Å². The average molecular weight is 454 g/mol. The van der Waals surface area contributed by atoms with Crippen molar-refractivity contribution >= 4 is 27.5 Å². The predicted octanol–water partition coefficient (Wildman–Crippen LogP) is 1.74. The number of rotatable bonds is 8. The van der Waals surface area contributed by atoms with Crippen LogP contribution in [0, 0.1) is 0 Å². The molecule has 0 saturated carbocycles. The van der Waals surface area contributed by atoms with E-state index in [-0.39, 0.29) is 36.1 Å². The van der Waals surface area contributed by atoms with Crippen molar-refractivity contribution in [3.8, 4) is 0 Å². The Morgan fingerprint density at radius 2 is 2.00 bits per heavy atom. The van der Waals surface area contributed by atoms with Crippen molar-refractivity contribution in [1.82, 2.24) is 15.0 Å². The molecule has 3 atom stereocenters. The summed E-state index contributed by atoms with van der Waals surface area (Å²) in [5.74, 6) is -0.274. The first-order valence-corrected chi connectivity index (χ1v) is 11.5. The van der Waals surface area contributed by atoms with E-state index >= 15 is 0 Å². The van der Waals surface area contributed by atoms with E-state index in [4.69, 9.17) is 16.3 Å². The zero-order valence-corrected chi connectivity index (χ0v) is 17.8. The fourth-order valence-electron chi connectivity index (χ4n) is 3.31. The maximum atomic E-state index is 12.3. The lowest BCUT2D eigenvalue weighted by Crippen LogP contribution is -2.51. The molecule has 1 saturated heterocycles. The van der Waals surface area contributed by atoms with Crippen molar-refractivity contribution in [2.45, 2.75) is 42.4 Å². The third kappa shape index (κ3) is 5.99. The van der Waals surface area contributed by atoms with Crippen LogP contribution >= 0.6 is 11.6 Å². The van der Waals surface area contributed by atoms with Crippen molar-refractivity contribution in [3.63, 3.8) is 0 Å². The van der Waals surface area contributed by atoms with Gasteiger partial charge in [-0.1, -0.05) is 11.6 Å². The number of halogens is 1. The van der Waals surface area contributed by atoms with E-state index in [1.54, 1.807) is 18.3 Å². The third-order valence-electron chi connectivity index (χ3n) is 4.92. The molecular formula is C20H24ClN3O5S. The fourth-order valence-corrected chi connectivity index (χ4v) is 4.48. The van der Waals surface area contributed by atoms with Crippen LogP contribution in [-0.2, 0) is 14.8 Å². The van der Waals surface area contributed by atoms with Crippen LogP contribution in [0.5, 0.6) is 0 Å². The van der Waals surface area contributed by atoms with Gasteiger partial charge < -0.3 is 15.2 Å². The number of amides is 1. The summed E-state index contributed by atoms with van der Waals surface area (Å²) in [6.45, 7) is -0.0501. The molecule has 1 aliphatic rings. The molecule has 1 fully saturated rings. The number of nitrogens with one attached hydrogen (secondary N) is 2. The Kier molecular flexibility index (Phi) is 7.79. The Morgan fingerprint density at radius 3 is 2.67 bits per heavy atom. The number of carbonyl (C=O) groups is 1. The summed E-state index contributed by atoms with van der Waals surface area (Å²) in [6.07, 6.45) is 3.99. The number of aliphatic hydroxyl groups is 1. The number of aliphatic hydroxyl groups excluding tert-OH is 1. The van der Waals surface area contributed by atoms with Gasteiger partial charge in [-0.15, -0.1) is 0 Å². The average Bonchev–Trinajstić information content (AvgIpc) is 2.75. The number of hydrogen-bond donors (Lipinski definition) is 3. The molecule has 0 radical (unpaired) electrons. The Bertz CT molecular complexity index is 941. The standard InChI is InChI=1S/C20H24ClN3O5S/c21-15-3-6-17(7-4-15)30(27,28)23-11-9-16-5-8-18(19(13-25)29-16)24-20(26)14-2-1-10-22-12-14/h1-4,6-7,10,12,16,18-19,23,25H,5,8-9,11,13H2,(H,24,26)/t16-,18+,19+/m0/s1. The first kappa shape index (κ1) is 22.6. The third-order valence-corrected chi connectivity index (χ3v) is 6.65. The van der Waals surface area contributed by atoms with Crippen LogP contribution in [0.2, 0.25) is 5.02 Å². The van der Waals surface area contributed by atoms with Crippen molar-refractivity contribution < 1.29 is 23.1 Å². The molecule has 30 heavy (non-hydrogen) atoms. The van der Waals surface area contributed by atoms with Gasteiger partial charge in [0.05, 0.1) is 29.2 Å². The number of nitrogens with zero attached hydrogens (tertiary/aromatic N) is 1. The summed E-state index contributed by atoms with van der Waals surface area (Å²) < 4.78 is 33.1. The molecule has 2 aromatic rings. The fraction of sp³-hybridized carbons (Fsp3) is 0.400. The number of pyridine rings is 1. The van der Waals surface area contributed by atoms with Gasteiger partial charge in [0.15, 0.2) is 0 Å². The number of aromatic nitrogens is 1. The van der Waals surface area contributed by atoms with Gasteiger partial charge in [-0.25, -0.2) is 13.1 Å². The number of benzene rings is 1. The number of sulfonamides is 1. The molecule has 162 valence electrons. The van der Waals surface area contributed by atoms with Gasteiger partial charge in [0, 0.05) is 24.0 Å². The summed E-state index contributed by atoms with van der Waals surface area (Å²) in [6, 6.07) is 8.94. The SMILES string of the molecule is O=C(N[C@@H]1CC[C@@H](CCNS(=O)(=O)c2ccc(Cl)cc2)O[C@@H]1CO)c1cccnc1. The van der Waals surface area contributed by atoms with E-state index in [0.29, 0.717) is 29.8 Å². The number of hydrogen-bond acceptors (Lipinski definition) is 6. The second-order valence-electron chi connectivity index (χ2n) is 7.02. The largest absolute Gasteiger partial charge is 0.394 e. The molecule has 2 heterocycles. The molecular weight excluding hydrogens is 430 g/mol. The van der Waals surface area contributed by atoms with Crippen LogP contribution < -0.4 is 10.0 Å². The zero-order chi connectivity index (χ0) is 21.6. The molecule has 10 heteroatoms. The Balaban J connectivity index is 1.49. The van der Waals surface area contributed by atoms with Crippen molar-refractivity contribution in [2.75, 3.05) is 13.2 Å². The molecule has 1 amide bonds. The van der Waals surface area contributed by atoms with Crippen LogP contribution in [0.1, 0.15) is 29.6 Å². The van der Waals surface area contributed by atoms with Gasteiger partial charge in [0.1, 0.15) is 6.10 Å². The molecule has 3 N–H and O–H groups in total. The van der Waals surface area contributed by atoms with Crippen molar-refractivity contribution in [2.24, 2.45) is 0 Å². The monoisotopic (exact) mass is 453 g/mol. The van der Waals surface area contributed by atoms with Crippen molar-refractivity contribution in [3.05, 3.63) is 59.4 Å². The number of carbonyl (C=O) groups excluding carboxylic acids is 1. The normalized spacial score (nSPS) is 21.9. The summed E-state index contributed by atoms with van der Waals surface area (Å²) in [5.41, 5.74) is 0.438. The Hall–Kier alpha value is -2.04. The van der Waals surface area contributed by atoms with Gasteiger partial charge >= 0.3 is 0 Å². The summed E-state index contributed by atoms with van der Waals surface area (Å²) in [7, 11) is -3.63. The quantitative estimate of drug-likeness (QED) is 0.560. The molecule has 1 aliphatic heterocycles. The molecule has 0 bridgehead atoms. The van der Waals surface area contributed by atoms with Crippen LogP contribution in [0.4, 0.5) is 0 Å². The molecule has 1 aromatic heterocycles. The topological polar surface area (TPSA) is 118 Å². The minimum atomic E-state index is -3.63. The minimum Gasteiger partial charge on any atom is -0.394 e. The van der Waals surface area contributed by atoms with Crippen molar-refractivity contribution in [1.29, 1.82) is 0 Å². The number of ether oxygens (including phenoxy) is 1. The highest BCUT2D eigenvalue weighted by Crippen LogP contribution is 2.22. The first-order chi connectivity index (χ1) is 14.4. The van der Waals surface area contributed by atoms with Gasteiger partial charge in [-0.3, -0.25) is 9.78 Å². The van der Waals surface area contributed by atoms with Gasteiger partial charge in [0.25, 0.3) is 5.91 Å². The van der Waals surface area contributed by atoms with Gasteiger partial charge in [-0.2, -0.15) is 0 Å². The highest BCUT2D eigenvalue weighted by molar-refractivity contribution is 7.89. The summed E-state index contributed by atoms with van der Waals surface area (Å²) in [5, 5.41) is 13.0.